The lowest BCUT2D eigenvalue weighted by molar-refractivity contribution is 0.415. The molecule has 3 rings (SSSR count). The van der Waals surface area contributed by atoms with Crippen molar-refractivity contribution in [3.63, 3.8) is 0 Å². The van der Waals surface area contributed by atoms with E-state index < -0.39 is 0 Å². The summed E-state index contributed by atoms with van der Waals surface area (Å²) in [5.41, 5.74) is 3.24. The van der Waals surface area contributed by atoms with Crippen molar-refractivity contribution >= 4 is 11.5 Å². The molecule has 3 nitrogen and oxygen atoms in total. The summed E-state index contributed by atoms with van der Waals surface area (Å²) in [6.45, 7) is 0. The molecular weight excluding hydrogens is 260 g/mol. The van der Waals surface area contributed by atoms with Gasteiger partial charge in [-0.05, 0) is 29.8 Å². The second-order valence-corrected chi connectivity index (χ2v) is 4.62. The molecule has 3 heteroatoms. The highest BCUT2D eigenvalue weighted by Gasteiger charge is 2.07. The van der Waals surface area contributed by atoms with Crippen LogP contribution in [-0.2, 0) is 0 Å². The van der Waals surface area contributed by atoms with Gasteiger partial charge < -0.3 is 10.1 Å². The monoisotopic (exact) mass is 276 g/mol. The number of nitrogens with zero attached hydrogens (tertiary/aromatic N) is 1. The summed E-state index contributed by atoms with van der Waals surface area (Å²) < 4.78 is 5.32. The summed E-state index contributed by atoms with van der Waals surface area (Å²) in [7, 11) is 1.67. The summed E-state index contributed by atoms with van der Waals surface area (Å²) in [5.74, 6) is 1.62. The topological polar surface area (TPSA) is 34.1 Å². The van der Waals surface area contributed by atoms with Crippen LogP contribution in [0.1, 0.15) is 0 Å². The van der Waals surface area contributed by atoms with Gasteiger partial charge >= 0.3 is 0 Å². The first-order valence-electron chi connectivity index (χ1n) is 6.78. The van der Waals surface area contributed by atoms with Crippen LogP contribution in [0.15, 0.2) is 72.9 Å². The molecule has 0 unspecified atom stereocenters. The van der Waals surface area contributed by atoms with Gasteiger partial charge in [0.2, 0.25) is 0 Å². The summed E-state index contributed by atoms with van der Waals surface area (Å²) >= 11 is 0. The van der Waals surface area contributed by atoms with Gasteiger partial charge in [-0.2, -0.15) is 0 Å². The quantitative estimate of drug-likeness (QED) is 0.761. The largest absolute Gasteiger partial charge is 0.497 e. The third-order valence-electron chi connectivity index (χ3n) is 3.24. The molecule has 0 spiro atoms. The zero-order valence-electron chi connectivity index (χ0n) is 11.8. The van der Waals surface area contributed by atoms with Crippen LogP contribution in [0.3, 0.4) is 0 Å². The standard InChI is InChI=1S/C18H16N2O/c1-21-15-10-11-16(14-7-3-2-4-8-14)17(13-15)20-18-9-5-6-12-19-18/h2-13H,1H3,(H,19,20). The Hall–Kier alpha value is -2.81. The maximum Gasteiger partial charge on any atom is 0.130 e. The highest BCUT2D eigenvalue weighted by atomic mass is 16.5. The molecule has 0 fully saturated rings. The molecule has 2 aromatic carbocycles. The van der Waals surface area contributed by atoms with E-state index in [1.807, 2.05) is 48.5 Å². The first-order chi connectivity index (χ1) is 10.4. The van der Waals surface area contributed by atoms with E-state index >= 15 is 0 Å². The molecule has 0 aliphatic carbocycles. The van der Waals surface area contributed by atoms with E-state index in [0.29, 0.717) is 0 Å². The second-order valence-electron chi connectivity index (χ2n) is 4.62. The fourth-order valence-corrected chi connectivity index (χ4v) is 2.20. The van der Waals surface area contributed by atoms with Crippen molar-refractivity contribution in [3.05, 3.63) is 72.9 Å². The van der Waals surface area contributed by atoms with Crippen molar-refractivity contribution in [2.75, 3.05) is 12.4 Å². The fourth-order valence-electron chi connectivity index (χ4n) is 2.20. The van der Waals surface area contributed by atoms with Gasteiger partial charge in [-0.3, -0.25) is 0 Å². The van der Waals surface area contributed by atoms with Gasteiger partial charge in [-0.15, -0.1) is 0 Å². The zero-order chi connectivity index (χ0) is 14.5. The Morgan fingerprint density at radius 3 is 2.43 bits per heavy atom. The van der Waals surface area contributed by atoms with Crippen molar-refractivity contribution in [1.29, 1.82) is 0 Å². The molecular formula is C18H16N2O. The molecule has 0 aliphatic rings. The van der Waals surface area contributed by atoms with E-state index in [9.17, 15) is 0 Å². The number of hydrogen-bond acceptors (Lipinski definition) is 3. The van der Waals surface area contributed by atoms with Crippen LogP contribution in [0.5, 0.6) is 5.75 Å². The second kappa shape index (κ2) is 6.09. The van der Waals surface area contributed by atoms with Gasteiger partial charge in [0.25, 0.3) is 0 Å². The average Bonchev–Trinajstić information content (AvgIpc) is 2.56. The predicted molar refractivity (Wildman–Crippen MR) is 85.9 cm³/mol. The summed E-state index contributed by atoms with van der Waals surface area (Å²) in [4.78, 5) is 4.31. The highest BCUT2D eigenvalue weighted by molar-refractivity contribution is 5.81. The Morgan fingerprint density at radius 2 is 1.71 bits per heavy atom. The molecule has 0 saturated carbocycles. The highest BCUT2D eigenvalue weighted by Crippen LogP contribution is 2.32. The minimum Gasteiger partial charge on any atom is -0.497 e. The Bertz CT molecular complexity index is 712. The van der Waals surface area contributed by atoms with E-state index in [1.54, 1.807) is 13.3 Å². The Balaban J connectivity index is 2.04. The van der Waals surface area contributed by atoms with E-state index in [0.717, 1.165) is 28.4 Å². The molecule has 0 radical (unpaired) electrons. The maximum atomic E-state index is 5.32. The third-order valence-corrected chi connectivity index (χ3v) is 3.24. The van der Waals surface area contributed by atoms with Crippen LogP contribution in [0.25, 0.3) is 11.1 Å². The van der Waals surface area contributed by atoms with Gasteiger partial charge in [0.05, 0.1) is 12.8 Å². The smallest absolute Gasteiger partial charge is 0.130 e. The van der Waals surface area contributed by atoms with Gasteiger partial charge in [-0.1, -0.05) is 36.4 Å². The normalized spacial score (nSPS) is 10.1. The minimum atomic E-state index is 0.808. The summed E-state index contributed by atoms with van der Waals surface area (Å²) in [6, 6.07) is 22.0. The maximum absolute atomic E-state index is 5.32. The number of pyridine rings is 1. The Labute approximate surface area is 124 Å². The number of hydrogen-bond donors (Lipinski definition) is 1. The lowest BCUT2D eigenvalue weighted by atomic mass is 10.0. The molecule has 21 heavy (non-hydrogen) atoms. The SMILES string of the molecule is COc1ccc(-c2ccccc2)c(Nc2ccccn2)c1. The summed E-state index contributed by atoms with van der Waals surface area (Å²) in [5, 5.41) is 3.35. The van der Waals surface area contributed by atoms with Crippen molar-refractivity contribution < 1.29 is 4.74 Å². The molecule has 1 heterocycles. The van der Waals surface area contributed by atoms with Crippen LogP contribution in [-0.4, -0.2) is 12.1 Å². The van der Waals surface area contributed by atoms with Gasteiger partial charge in [-0.25, -0.2) is 4.98 Å². The molecule has 0 amide bonds. The van der Waals surface area contributed by atoms with E-state index in [-0.39, 0.29) is 0 Å². The van der Waals surface area contributed by atoms with Gasteiger partial charge in [0.15, 0.2) is 0 Å². The zero-order valence-corrected chi connectivity index (χ0v) is 11.8. The van der Waals surface area contributed by atoms with Crippen LogP contribution < -0.4 is 10.1 Å². The van der Waals surface area contributed by atoms with Crippen molar-refractivity contribution in [2.45, 2.75) is 0 Å². The van der Waals surface area contributed by atoms with Crippen LogP contribution in [0, 0.1) is 0 Å². The summed E-state index contributed by atoms with van der Waals surface area (Å²) in [6.07, 6.45) is 1.77. The fraction of sp³-hybridized carbons (Fsp3) is 0.0556. The van der Waals surface area contributed by atoms with Crippen LogP contribution >= 0.6 is 0 Å². The van der Waals surface area contributed by atoms with Crippen molar-refractivity contribution in [3.8, 4) is 16.9 Å². The van der Waals surface area contributed by atoms with Crippen LogP contribution in [0.2, 0.25) is 0 Å². The number of methoxy groups -OCH3 is 1. The molecule has 0 atom stereocenters. The average molecular weight is 276 g/mol. The van der Waals surface area contributed by atoms with Crippen LogP contribution in [0.4, 0.5) is 11.5 Å². The number of benzene rings is 2. The van der Waals surface area contributed by atoms with Crippen molar-refractivity contribution in [2.24, 2.45) is 0 Å². The number of rotatable bonds is 4. The number of nitrogens with one attached hydrogen (secondary N) is 1. The Kier molecular flexibility index (Phi) is 3.83. The lowest BCUT2D eigenvalue weighted by Gasteiger charge is -2.13. The molecule has 0 aliphatic heterocycles. The lowest BCUT2D eigenvalue weighted by Crippen LogP contribution is -1.96. The predicted octanol–water partition coefficient (Wildman–Crippen LogP) is 4.50. The number of ether oxygens (including phenoxy) is 1. The Morgan fingerprint density at radius 1 is 0.905 bits per heavy atom. The van der Waals surface area contributed by atoms with E-state index in [2.05, 4.69) is 28.5 Å². The molecule has 0 bridgehead atoms. The first-order valence-corrected chi connectivity index (χ1v) is 6.78. The van der Waals surface area contributed by atoms with E-state index in [1.165, 1.54) is 0 Å². The molecule has 104 valence electrons. The van der Waals surface area contributed by atoms with E-state index in [4.69, 9.17) is 4.74 Å². The van der Waals surface area contributed by atoms with Crippen molar-refractivity contribution in [1.82, 2.24) is 4.98 Å². The third kappa shape index (κ3) is 3.03. The first kappa shape index (κ1) is 13.2. The number of aromatic nitrogens is 1. The molecule has 1 N–H and O–H groups in total. The number of anilines is 2. The van der Waals surface area contributed by atoms with Gasteiger partial charge in [0.1, 0.15) is 11.6 Å². The minimum absolute atomic E-state index is 0.808. The molecule has 3 aromatic rings. The molecule has 1 aromatic heterocycles. The van der Waals surface area contributed by atoms with Gasteiger partial charge in [0, 0.05) is 17.8 Å². The molecule has 0 saturated heterocycles.